The van der Waals surface area contributed by atoms with E-state index in [1.807, 2.05) is 24.3 Å². The number of benzene rings is 1. The molecule has 3 heterocycles. The monoisotopic (exact) mass is 433 g/mol. The number of rotatable bonds is 9. The predicted molar refractivity (Wildman–Crippen MR) is 130 cm³/mol. The van der Waals surface area contributed by atoms with Crippen LogP contribution in [0.25, 0.3) is 11.4 Å². The summed E-state index contributed by atoms with van der Waals surface area (Å²) in [6.45, 7) is 5.22. The number of hydrogen-bond donors (Lipinski definition) is 2. The maximum atomic E-state index is 5.45. The molecule has 0 bridgehead atoms. The quantitative estimate of drug-likeness (QED) is 0.497. The number of hydrogen-bond acceptors (Lipinski definition) is 8. The molecular weight excluding hydrogens is 402 g/mol. The van der Waals surface area contributed by atoms with E-state index in [1.165, 1.54) is 5.69 Å². The van der Waals surface area contributed by atoms with Crippen molar-refractivity contribution in [1.29, 1.82) is 0 Å². The molecule has 0 atom stereocenters. The molecule has 0 saturated carbocycles. The minimum Gasteiger partial charge on any atom is -0.378 e. The summed E-state index contributed by atoms with van der Waals surface area (Å²) in [5.74, 6) is 1.33. The van der Waals surface area contributed by atoms with E-state index < -0.39 is 0 Å². The van der Waals surface area contributed by atoms with Crippen molar-refractivity contribution in [2.75, 3.05) is 69.0 Å². The molecule has 1 aliphatic heterocycles. The molecular formula is C24H31N7O. The van der Waals surface area contributed by atoms with Crippen LogP contribution in [-0.4, -0.2) is 73.3 Å². The standard InChI is InChI=1S/C24H31N7O/c1-30(2)13-5-12-26-24-28-22(21-6-3-4-11-25-21)18-23(29-24)27-19-7-9-20(10-8-19)31-14-16-32-17-15-31/h3-4,6-11,18H,5,12-17H2,1-2H3,(H2,26,27,28,29). The van der Waals surface area contributed by atoms with Gasteiger partial charge in [-0.05, 0) is 63.5 Å². The predicted octanol–water partition coefficient (Wildman–Crippen LogP) is 3.48. The SMILES string of the molecule is CN(C)CCCNc1nc(Nc2ccc(N3CCOCC3)cc2)cc(-c2ccccn2)n1. The normalized spacial score (nSPS) is 13.9. The molecule has 1 aromatic carbocycles. The van der Waals surface area contributed by atoms with Crippen LogP contribution in [0.3, 0.4) is 0 Å². The van der Waals surface area contributed by atoms with E-state index in [9.17, 15) is 0 Å². The second-order valence-electron chi connectivity index (χ2n) is 8.03. The highest BCUT2D eigenvalue weighted by molar-refractivity contribution is 5.66. The highest BCUT2D eigenvalue weighted by Gasteiger charge is 2.12. The van der Waals surface area contributed by atoms with Crippen LogP contribution in [0.15, 0.2) is 54.7 Å². The Labute approximate surface area is 189 Å². The van der Waals surface area contributed by atoms with Gasteiger partial charge in [0.05, 0.1) is 24.6 Å². The van der Waals surface area contributed by atoms with Crippen molar-refractivity contribution in [3.63, 3.8) is 0 Å². The van der Waals surface area contributed by atoms with Crippen molar-refractivity contribution in [2.24, 2.45) is 0 Å². The summed E-state index contributed by atoms with van der Waals surface area (Å²) in [6.07, 6.45) is 2.79. The fourth-order valence-electron chi connectivity index (χ4n) is 3.56. The first-order chi connectivity index (χ1) is 15.7. The van der Waals surface area contributed by atoms with E-state index in [1.54, 1.807) is 6.20 Å². The first kappa shape index (κ1) is 22.0. The van der Waals surface area contributed by atoms with Crippen LogP contribution in [0.2, 0.25) is 0 Å². The third-order valence-corrected chi connectivity index (χ3v) is 5.23. The highest BCUT2D eigenvalue weighted by atomic mass is 16.5. The Bertz CT molecular complexity index is 973. The average molecular weight is 434 g/mol. The first-order valence-corrected chi connectivity index (χ1v) is 11.1. The van der Waals surface area contributed by atoms with Gasteiger partial charge < -0.3 is 25.2 Å². The fraction of sp³-hybridized carbons (Fsp3) is 0.375. The zero-order valence-electron chi connectivity index (χ0n) is 18.8. The summed E-state index contributed by atoms with van der Waals surface area (Å²) in [5.41, 5.74) is 3.78. The van der Waals surface area contributed by atoms with Crippen molar-refractivity contribution in [1.82, 2.24) is 19.9 Å². The topological polar surface area (TPSA) is 78.4 Å². The number of nitrogens with zero attached hydrogens (tertiary/aromatic N) is 5. The largest absolute Gasteiger partial charge is 0.378 e. The molecule has 1 aliphatic rings. The molecule has 8 nitrogen and oxygen atoms in total. The Morgan fingerprint density at radius 3 is 2.53 bits per heavy atom. The second kappa shape index (κ2) is 10.9. The number of anilines is 4. The van der Waals surface area contributed by atoms with Crippen molar-refractivity contribution in [3.05, 3.63) is 54.7 Å². The van der Waals surface area contributed by atoms with Gasteiger partial charge in [0.2, 0.25) is 5.95 Å². The molecule has 2 N–H and O–H groups in total. The minimum atomic E-state index is 0.597. The van der Waals surface area contributed by atoms with Crippen LogP contribution in [-0.2, 0) is 4.74 Å². The molecule has 32 heavy (non-hydrogen) atoms. The maximum Gasteiger partial charge on any atom is 0.225 e. The molecule has 8 heteroatoms. The molecule has 0 aliphatic carbocycles. The van der Waals surface area contributed by atoms with E-state index in [2.05, 4.69) is 73.7 Å². The molecule has 0 unspecified atom stereocenters. The van der Waals surface area contributed by atoms with Crippen LogP contribution < -0.4 is 15.5 Å². The van der Waals surface area contributed by atoms with Gasteiger partial charge in [-0.2, -0.15) is 4.98 Å². The molecule has 0 amide bonds. The minimum absolute atomic E-state index is 0.597. The van der Waals surface area contributed by atoms with E-state index in [-0.39, 0.29) is 0 Å². The summed E-state index contributed by atoms with van der Waals surface area (Å²) >= 11 is 0. The second-order valence-corrected chi connectivity index (χ2v) is 8.03. The lowest BCUT2D eigenvalue weighted by atomic mass is 10.2. The van der Waals surface area contributed by atoms with Gasteiger partial charge in [-0.3, -0.25) is 4.98 Å². The van der Waals surface area contributed by atoms with Gasteiger partial charge in [0.1, 0.15) is 5.82 Å². The number of morpholine rings is 1. The van der Waals surface area contributed by atoms with Gasteiger partial charge in [0.15, 0.2) is 0 Å². The molecule has 4 rings (SSSR count). The summed E-state index contributed by atoms with van der Waals surface area (Å²) < 4.78 is 5.45. The Balaban J connectivity index is 1.50. The Morgan fingerprint density at radius 2 is 1.81 bits per heavy atom. The molecule has 168 valence electrons. The van der Waals surface area contributed by atoms with Crippen LogP contribution >= 0.6 is 0 Å². The zero-order valence-corrected chi connectivity index (χ0v) is 18.8. The third-order valence-electron chi connectivity index (χ3n) is 5.23. The summed E-state index contributed by atoms with van der Waals surface area (Å²) in [5, 5.41) is 6.78. The average Bonchev–Trinajstić information content (AvgIpc) is 2.83. The van der Waals surface area contributed by atoms with Crippen molar-refractivity contribution >= 4 is 23.1 Å². The van der Waals surface area contributed by atoms with Gasteiger partial charge >= 0.3 is 0 Å². The third kappa shape index (κ3) is 6.15. The van der Waals surface area contributed by atoms with Gasteiger partial charge in [-0.15, -0.1) is 0 Å². The lowest BCUT2D eigenvalue weighted by Crippen LogP contribution is -2.36. The lowest BCUT2D eigenvalue weighted by Gasteiger charge is -2.28. The summed E-state index contributed by atoms with van der Waals surface area (Å²) in [4.78, 5) is 18.3. The molecule has 1 fully saturated rings. The Morgan fingerprint density at radius 1 is 1.00 bits per heavy atom. The fourth-order valence-corrected chi connectivity index (χ4v) is 3.56. The van der Waals surface area contributed by atoms with E-state index >= 15 is 0 Å². The van der Waals surface area contributed by atoms with Gasteiger partial charge in [-0.25, -0.2) is 4.98 Å². The number of aromatic nitrogens is 3. The Hall–Kier alpha value is -3.23. The zero-order chi connectivity index (χ0) is 22.2. The Kier molecular flexibility index (Phi) is 7.47. The van der Waals surface area contributed by atoms with Crippen LogP contribution in [0.5, 0.6) is 0 Å². The van der Waals surface area contributed by atoms with E-state index in [0.717, 1.165) is 68.7 Å². The maximum absolute atomic E-state index is 5.45. The van der Waals surface area contributed by atoms with Crippen molar-refractivity contribution in [3.8, 4) is 11.4 Å². The van der Waals surface area contributed by atoms with Gasteiger partial charge in [-0.1, -0.05) is 6.07 Å². The first-order valence-electron chi connectivity index (χ1n) is 11.1. The number of nitrogens with one attached hydrogen (secondary N) is 2. The lowest BCUT2D eigenvalue weighted by molar-refractivity contribution is 0.122. The van der Waals surface area contributed by atoms with E-state index in [4.69, 9.17) is 4.74 Å². The van der Waals surface area contributed by atoms with Gasteiger partial charge in [0.25, 0.3) is 0 Å². The summed E-state index contributed by atoms with van der Waals surface area (Å²) in [6, 6.07) is 16.2. The number of ether oxygens (including phenoxy) is 1. The molecule has 0 spiro atoms. The molecule has 3 aromatic rings. The van der Waals surface area contributed by atoms with Gasteiger partial charge in [0, 0.05) is 43.3 Å². The van der Waals surface area contributed by atoms with E-state index in [0.29, 0.717) is 5.95 Å². The molecule has 1 saturated heterocycles. The summed E-state index contributed by atoms with van der Waals surface area (Å²) in [7, 11) is 4.15. The highest BCUT2D eigenvalue weighted by Crippen LogP contribution is 2.24. The molecule has 2 aromatic heterocycles. The van der Waals surface area contributed by atoms with Crippen LogP contribution in [0.1, 0.15) is 6.42 Å². The van der Waals surface area contributed by atoms with Crippen LogP contribution in [0, 0.1) is 0 Å². The smallest absolute Gasteiger partial charge is 0.225 e. The molecule has 0 radical (unpaired) electrons. The van der Waals surface area contributed by atoms with Crippen LogP contribution in [0.4, 0.5) is 23.1 Å². The van der Waals surface area contributed by atoms with Crippen molar-refractivity contribution in [2.45, 2.75) is 6.42 Å². The number of pyridine rings is 1. The van der Waals surface area contributed by atoms with Crippen molar-refractivity contribution < 1.29 is 4.74 Å².